The normalized spacial score (nSPS) is 16.7. The highest BCUT2D eigenvalue weighted by Gasteiger charge is 2.30. The van der Waals surface area contributed by atoms with Gasteiger partial charge in [-0.15, -0.1) is 13.2 Å². The number of likely N-dealkylation sites (tertiary alicyclic amines) is 1. The van der Waals surface area contributed by atoms with Crippen LogP contribution in [-0.2, 0) is 11.4 Å². The summed E-state index contributed by atoms with van der Waals surface area (Å²) in [6.45, 7) is 2.16. The largest absolute Gasteiger partial charge is 0.573 e. The third kappa shape index (κ3) is 5.63. The lowest BCUT2D eigenvalue weighted by Crippen LogP contribution is -2.30. The van der Waals surface area contributed by atoms with Crippen molar-refractivity contribution in [3.05, 3.63) is 29.8 Å². The molecule has 0 atom stereocenters. The zero-order valence-electron chi connectivity index (χ0n) is 11.7. The van der Waals surface area contributed by atoms with E-state index in [1.807, 2.05) is 0 Å². The van der Waals surface area contributed by atoms with E-state index in [4.69, 9.17) is 4.84 Å². The molecule has 0 spiro atoms. The number of rotatable bonds is 4. The highest BCUT2D eigenvalue weighted by atomic mass is 19.4. The number of halogens is 3. The standard InChI is InChI=1S/C14H17F3N2O2/c1-19-8-6-12(7-9-19)18-20-10-11-2-4-13(5-3-11)21-14(15,16)17/h2-5H,6-10H2,1H3. The van der Waals surface area contributed by atoms with E-state index in [0.29, 0.717) is 0 Å². The van der Waals surface area contributed by atoms with Crippen molar-refractivity contribution in [3.8, 4) is 5.75 Å². The van der Waals surface area contributed by atoms with E-state index >= 15 is 0 Å². The molecule has 1 heterocycles. The van der Waals surface area contributed by atoms with Crippen LogP contribution in [-0.4, -0.2) is 37.1 Å². The minimum atomic E-state index is -4.67. The van der Waals surface area contributed by atoms with Crippen LogP contribution in [0.15, 0.2) is 29.4 Å². The number of piperidine rings is 1. The second kappa shape index (κ2) is 6.80. The Labute approximate surface area is 121 Å². The van der Waals surface area contributed by atoms with Gasteiger partial charge in [-0.25, -0.2) is 0 Å². The number of hydrogen-bond acceptors (Lipinski definition) is 4. The average Bonchev–Trinajstić information content (AvgIpc) is 2.41. The Morgan fingerprint density at radius 1 is 1.14 bits per heavy atom. The van der Waals surface area contributed by atoms with Gasteiger partial charge >= 0.3 is 6.36 Å². The molecular weight excluding hydrogens is 285 g/mol. The van der Waals surface area contributed by atoms with Crippen molar-refractivity contribution in [2.24, 2.45) is 5.16 Å². The van der Waals surface area contributed by atoms with Gasteiger partial charge in [-0.2, -0.15) is 0 Å². The average molecular weight is 302 g/mol. The SMILES string of the molecule is CN1CCC(=NOCc2ccc(OC(F)(F)F)cc2)CC1. The van der Waals surface area contributed by atoms with E-state index in [1.54, 1.807) is 0 Å². The lowest BCUT2D eigenvalue weighted by atomic mass is 10.1. The van der Waals surface area contributed by atoms with Crippen LogP contribution in [0.3, 0.4) is 0 Å². The zero-order chi connectivity index (χ0) is 15.3. The number of benzene rings is 1. The molecule has 1 fully saturated rings. The van der Waals surface area contributed by atoms with Crippen LogP contribution in [0.4, 0.5) is 13.2 Å². The minimum Gasteiger partial charge on any atom is -0.406 e. The highest BCUT2D eigenvalue weighted by Crippen LogP contribution is 2.22. The van der Waals surface area contributed by atoms with E-state index in [2.05, 4.69) is 21.8 Å². The highest BCUT2D eigenvalue weighted by molar-refractivity contribution is 5.84. The van der Waals surface area contributed by atoms with Gasteiger partial charge in [-0.1, -0.05) is 17.3 Å². The Bertz CT molecular complexity index is 476. The quantitative estimate of drug-likeness (QED) is 0.801. The fraction of sp³-hybridized carbons (Fsp3) is 0.500. The van der Waals surface area contributed by atoms with Gasteiger partial charge in [-0.3, -0.25) is 0 Å². The van der Waals surface area contributed by atoms with Gasteiger partial charge in [0.25, 0.3) is 0 Å². The van der Waals surface area contributed by atoms with Crippen LogP contribution in [0.25, 0.3) is 0 Å². The Hall–Kier alpha value is -1.76. The fourth-order valence-electron chi connectivity index (χ4n) is 1.95. The molecule has 0 aromatic heterocycles. The van der Waals surface area contributed by atoms with Gasteiger partial charge in [-0.05, 0) is 24.7 Å². The monoisotopic (exact) mass is 302 g/mol. The molecule has 4 nitrogen and oxygen atoms in total. The third-order valence-corrected chi connectivity index (χ3v) is 3.15. The molecule has 0 bridgehead atoms. The Balaban J connectivity index is 1.80. The number of alkyl halides is 3. The first kappa shape index (κ1) is 15.6. The first-order chi connectivity index (χ1) is 9.92. The van der Waals surface area contributed by atoms with Crippen LogP contribution in [0.2, 0.25) is 0 Å². The molecule has 0 unspecified atom stereocenters. The van der Waals surface area contributed by atoms with Gasteiger partial charge in [0.15, 0.2) is 0 Å². The molecule has 0 saturated carbocycles. The van der Waals surface area contributed by atoms with Crippen LogP contribution >= 0.6 is 0 Å². The summed E-state index contributed by atoms with van der Waals surface area (Å²) in [5.74, 6) is -0.243. The van der Waals surface area contributed by atoms with Crippen molar-refractivity contribution in [1.82, 2.24) is 4.90 Å². The number of oxime groups is 1. The first-order valence-corrected chi connectivity index (χ1v) is 6.63. The van der Waals surface area contributed by atoms with Crippen molar-refractivity contribution in [3.63, 3.8) is 0 Å². The van der Waals surface area contributed by atoms with E-state index in [0.717, 1.165) is 37.2 Å². The molecule has 116 valence electrons. The third-order valence-electron chi connectivity index (χ3n) is 3.15. The molecule has 1 aliphatic heterocycles. The van der Waals surface area contributed by atoms with E-state index < -0.39 is 6.36 Å². The molecule has 1 aliphatic rings. The molecule has 7 heteroatoms. The van der Waals surface area contributed by atoms with Gasteiger partial charge in [0.2, 0.25) is 0 Å². The molecule has 0 amide bonds. The predicted molar refractivity (Wildman–Crippen MR) is 72.1 cm³/mol. The summed E-state index contributed by atoms with van der Waals surface area (Å²) in [5, 5.41) is 4.07. The molecule has 1 aromatic carbocycles. The summed E-state index contributed by atoms with van der Waals surface area (Å²) >= 11 is 0. The second-order valence-corrected chi connectivity index (χ2v) is 4.93. The number of hydrogen-bond donors (Lipinski definition) is 0. The zero-order valence-corrected chi connectivity index (χ0v) is 11.7. The van der Waals surface area contributed by atoms with E-state index in [1.165, 1.54) is 24.3 Å². The van der Waals surface area contributed by atoms with Crippen molar-refractivity contribution < 1.29 is 22.7 Å². The first-order valence-electron chi connectivity index (χ1n) is 6.63. The predicted octanol–water partition coefficient (Wildman–Crippen LogP) is 3.18. The van der Waals surface area contributed by atoms with Crippen molar-refractivity contribution in [2.75, 3.05) is 20.1 Å². The number of nitrogens with zero attached hydrogens (tertiary/aromatic N) is 2. The van der Waals surface area contributed by atoms with Gasteiger partial charge in [0, 0.05) is 25.9 Å². The van der Waals surface area contributed by atoms with E-state index in [-0.39, 0.29) is 12.4 Å². The summed E-state index contributed by atoms with van der Waals surface area (Å²) in [7, 11) is 2.06. The fourth-order valence-corrected chi connectivity index (χ4v) is 1.95. The van der Waals surface area contributed by atoms with Gasteiger partial charge in [0.1, 0.15) is 12.4 Å². The van der Waals surface area contributed by atoms with Crippen molar-refractivity contribution in [2.45, 2.75) is 25.8 Å². The van der Waals surface area contributed by atoms with Gasteiger partial charge in [0.05, 0.1) is 5.71 Å². The summed E-state index contributed by atoms with van der Waals surface area (Å²) in [5.41, 5.74) is 1.76. The van der Waals surface area contributed by atoms with Crippen LogP contribution < -0.4 is 4.74 Å². The second-order valence-electron chi connectivity index (χ2n) is 4.93. The smallest absolute Gasteiger partial charge is 0.406 e. The molecule has 2 rings (SSSR count). The van der Waals surface area contributed by atoms with E-state index in [9.17, 15) is 13.2 Å². The van der Waals surface area contributed by atoms with Gasteiger partial charge < -0.3 is 14.5 Å². The maximum Gasteiger partial charge on any atom is 0.573 e. The lowest BCUT2D eigenvalue weighted by Gasteiger charge is -2.22. The summed E-state index contributed by atoms with van der Waals surface area (Å²) in [6, 6.07) is 5.57. The molecule has 1 aromatic rings. The molecular formula is C14H17F3N2O2. The Morgan fingerprint density at radius 3 is 2.33 bits per heavy atom. The van der Waals surface area contributed by atoms with Crippen LogP contribution in [0.5, 0.6) is 5.75 Å². The van der Waals surface area contributed by atoms with Crippen molar-refractivity contribution >= 4 is 5.71 Å². The minimum absolute atomic E-state index is 0.228. The summed E-state index contributed by atoms with van der Waals surface area (Å²) in [4.78, 5) is 7.46. The molecule has 0 radical (unpaired) electrons. The maximum atomic E-state index is 12.0. The Morgan fingerprint density at radius 2 is 1.76 bits per heavy atom. The molecule has 21 heavy (non-hydrogen) atoms. The molecule has 0 N–H and O–H groups in total. The molecule has 1 saturated heterocycles. The number of ether oxygens (including phenoxy) is 1. The maximum absolute atomic E-state index is 12.0. The lowest BCUT2D eigenvalue weighted by molar-refractivity contribution is -0.274. The van der Waals surface area contributed by atoms with Crippen molar-refractivity contribution in [1.29, 1.82) is 0 Å². The summed E-state index contributed by atoms with van der Waals surface area (Å²) < 4.78 is 39.8. The van der Waals surface area contributed by atoms with Crippen LogP contribution in [0.1, 0.15) is 18.4 Å². The van der Waals surface area contributed by atoms with Crippen LogP contribution in [0, 0.1) is 0 Å². The topological polar surface area (TPSA) is 34.1 Å². The Kier molecular flexibility index (Phi) is 5.06. The molecule has 0 aliphatic carbocycles. The summed E-state index contributed by atoms with van der Waals surface area (Å²) in [6.07, 6.45) is -2.90.